The zero-order valence-corrected chi connectivity index (χ0v) is 16.0. The van der Waals surface area contributed by atoms with Crippen LogP contribution in [0.5, 0.6) is 0 Å². The van der Waals surface area contributed by atoms with Crippen LogP contribution in [0.3, 0.4) is 0 Å². The number of benzene rings is 2. The van der Waals surface area contributed by atoms with Crippen molar-refractivity contribution < 1.29 is 14.4 Å². The van der Waals surface area contributed by atoms with Crippen molar-refractivity contribution in [2.75, 3.05) is 22.5 Å². The van der Waals surface area contributed by atoms with Gasteiger partial charge in [-0.1, -0.05) is 37.3 Å². The van der Waals surface area contributed by atoms with Gasteiger partial charge in [0.05, 0.1) is 11.4 Å². The fraction of sp³-hybridized carbons (Fsp3) is 0.286. The Bertz CT molecular complexity index is 793. The molecular formula is C21H26N4O3. The number of carbonyl (C=O) groups is 3. The number of hydrogen-bond donors (Lipinski definition) is 4. The topological polar surface area (TPSA) is 99.3 Å². The average molecular weight is 382 g/mol. The minimum Gasteiger partial charge on any atom is -0.356 e. The fourth-order valence-corrected chi connectivity index (χ4v) is 2.48. The van der Waals surface area contributed by atoms with Crippen LogP contribution in [0.25, 0.3) is 0 Å². The number of carbonyl (C=O) groups excluding carboxylic acids is 3. The molecule has 7 nitrogen and oxygen atoms in total. The van der Waals surface area contributed by atoms with Crippen molar-refractivity contribution in [2.24, 2.45) is 0 Å². The molecule has 2 aromatic carbocycles. The second kappa shape index (κ2) is 11.4. The van der Waals surface area contributed by atoms with Crippen molar-refractivity contribution in [2.45, 2.75) is 32.6 Å². The molecule has 0 aromatic heterocycles. The summed E-state index contributed by atoms with van der Waals surface area (Å²) in [4.78, 5) is 35.9. The third kappa shape index (κ3) is 7.49. The summed E-state index contributed by atoms with van der Waals surface area (Å²) in [5.74, 6) is -0.254. The van der Waals surface area contributed by atoms with Gasteiger partial charge in [-0.2, -0.15) is 0 Å². The molecule has 0 radical (unpaired) electrons. The lowest BCUT2D eigenvalue weighted by atomic mass is 10.2. The highest BCUT2D eigenvalue weighted by atomic mass is 16.2. The number of hydrogen-bond acceptors (Lipinski definition) is 3. The summed E-state index contributed by atoms with van der Waals surface area (Å²) in [7, 11) is 0. The first-order chi connectivity index (χ1) is 13.6. The van der Waals surface area contributed by atoms with Gasteiger partial charge >= 0.3 is 6.03 Å². The van der Waals surface area contributed by atoms with Gasteiger partial charge < -0.3 is 21.3 Å². The maximum Gasteiger partial charge on any atom is 0.323 e. The summed E-state index contributed by atoms with van der Waals surface area (Å²) in [6.45, 7) is 2.63. The van der Waals surface area contributed by atoms with E-state index in [1.165, 1.54) is 0 Å². The van der Waals surface area contributed by atoms with Crippen LogP contribution in [-0.2, 0) is 9.59 Å². The van der Waals surface area contributed by atoms with Crippen LogP contribution in [0.4, 0.5) is 21.9 Å². The molecule has 4 amide bonds. The third-order valence-electron chi connectivity index (χ3n) is 3.86. The van der Waals surface area contributed by atoms with E-state index in [9.17, 15) is 14.4 Å². The number of urea groups is 1. The van der Waals surface area contributed by atoms with E-state index in [-0.39, 0.29) is 18.2 Å². The maximum atomic E-state index is 12.2. The molecule has 0 bridgehead atoms. The van der Waals surface area contributed by atoms with Crippen LogP contribution in [0, 0.1) is 0 Å². The first kappa shape index (κ1) is 21.0. The molecule has 0 aliphatic heterocycles. The third-order valence-corrected chi connectivity index (χ3v) is 3.86. The van der Waals surface area contributed by atoms with Crippen LogP contribution in [0.15, 0.2) is 54.6 Å². The van der Waals surface area contributed by atoms with Crippen LogP contribution in [0.1, 0.15) is 32.6 Å². The van der Waals surface area contributed by atoms with Crippen molar-refractivity contribution >= 4 is 34.9 Å². The van der Waals surface area contributed by atoms with Gasteiger partial charge in [0, 0.05) is 25.1 Å². The standard InChI is InChI=1S/C21H26N4O3/c1-2-15-22-19(26)13-8-14-20(27)24-17-11-6-7-12-18(17)25-21(28)23-16-9-4-3-5-10-16/h3-7,9-12H,2,8,13-15H2,1H3,(H,22,26)(H,24,27)(H2,23,25,28). The summed E-state index contributed by atoms with van der Waals surface area (Å²) < 4.78 is 0. The summed E-state index contributed by atoms with van der Waals surface area (Å²) in [6.07, 6.45) is 1.89. The monoisotopic (exact) mass is 382 g/mol. The molecule has 0 atom stereocenters. The number of nitrogens with one attached hydrogen (secondary N) is 4. The zero-order chi connectivity index (χ0) is 20.2. The Kier molecular flexibility index (Phi) is 8.52. The SMILES string of the molecule is CCCNC(=O)CCCC(=O)Nc1ccccc1NC(=O)Nc1ccccc1. The summed E-state index contributed by atoms with van der Waals surface area (Å²) in [5, 5.41) is 11.0. The predicted octanol–water partition coefficient (Wildman–Crippen LogP) is 3.97. The minimum atomic E-state index is -0.402. The molecule has 0 fully saturated rings. The predicted molar refractivity (Wildman–Crippen MR) is 111 cm³/mol. The van der Waals surface area contributed by atoms with Crippen LogP contribution in [-0.4, -0.2) is 24.4 Å². The van der Waals surface area contributed by atoms with E-state index in [2.05, 4.69) is 21.3 Å². The quantitative estimate of drug-likeness (QED) is 0.528. The second-order valence-corrected chi connectivity index (χ2v) is 6.24. The summed E-state index contributed by atoms with van der Waals surface area (Å²) >= 11 is 0. The molecule has 4 N–H and O–H groups in total. The Balaban J connectivity index is 1.84. The molecule has 0 saturated heterocycles. The summed E-state index contributed by atoms with van der Waals surface area (Å²) in [5.41, 5.74) is 1.67. The zero-order valence-electron chi connectivity index (χ0n) is 16.0. The number of anilines is 3. The van der Waals surface area contributed by atoms with Gasteiger partial charge in [-0.25, -0.2) is 4.79 Å². The van der Waals surface area contributed by atoms with Crippen molar-refractivity contribution in [1.29, 1.82) is 0 Å². The smallest absolute Gasteiger partial charge is 0.323 e. The lowest BCUT2D eigenvalue weighted by molar-refractivity contribution is -0.121. The van der Waals surface area contributed by atoms with Gasteiger partial charge in [0.1, 0.15) is 0 Å². The first-order valence-electron chi connectivity index (χ1n) is 9.37. The van der Waals surface area contributed by atoms with Gasteiger partial charge in [0.2, 0.25) is 11.8 Å². The van der Waals surface area contributed by atoms with Crippen LogP contribution < -0.4 is 21.3 Å². The second-order valence-electron chi connectivity index (χ2n) is 6.24. The van der Waals surface area contributed by atoms with E-state index < -0.39 is 6.03 Å². The Morgan fingerprint density at radius 2 is 1.36 bits per heavy atom. The van der Waals surface area contributed by atoms with E-state index in [0.717, 1.165) is 6.42 Å². The number of para-hydroxylation sites is 3. The molecule has 7 heteroatoms. The molecule has 0 aliphatic carbocycles. The van der Waals surface area contributed by atoms with Gasteiger partial charge in [0.25, 0.3) is 0 Å². The molecule has 2 aromatic rings. The molecule has 0 heterocycles. The normalized spacial score (nSPS) is 10.0. The molecule has 0 aliphatic rings. The highest BCUT2D eigenvalue weighted by Crippen LogP contribution is 2.21. The summed E-state index contributed by atoms with van der Waals surface area (Å²) in [6, 6.07) is 15.6. The van der Waals surface area contributed by atoms with Crippen molar-refractivity contribution in [3.63, 3.8) is 0 Å². The average Bonchev–Trinajstić information content (AvgIpc) is 2.68. The molecule has 0 unspecified atom stereocenters. The van der Waals surface area contributed by atoms with E-state index >= 15 is 0 Å². The number of rotatable bonds is 9. The Labute approximate surface area is 164 Å². The number of amides is 4. The van der Waals surface area contributed by atoms with Crippen LogP contribution >= 0.6 is 0 Å². The van der Waals surface area contributed by atoms with Gasteiger partial charge in [-0.3, -0.25) is 9.59 Å². The maximum absolute atomic E-state index is 12.2. The molecule has 0 saturated carbocycles. The lowest BCUT2D eigenvalue weighted by Gasteiger charge is -2.13. The van der Waals surface area contributed by atoms with Crippen molar-refractivity contribution in [3.05, 3.63) is 54.6 Å². The van der Waals surface area contributed by atoms with Gasteiger partial charge in [0.15, 0.2) is 0 Å². The molecular weight excluding hydrogens is 356 g/mol. The lowest BCUT2D eigenvalue weighted by Crippen LogP contribution is -2.24. The van der Waals surface area contributed by atoms with Crippen LogP contribution in [0.2, 0.25) is 0 Å². The Hall–Kier alpha value is -3.35. The highest BCUT2D eigenvalue weighted by molar-refractivity contribution is 6.03. The fourth-order valence-electron chi connectivity index (χ4n) is 2.48. The largest absolute Gasteiger partial charge is 0.356 e. The Morgan fingerprint density at radius 3 is 2.04 bits per heavy atom. The van der Waals surface area contributed by atoms with E-state index in [1.807, 2.05) is 25.1 Å². The van der Waals surface area contributed by atoms with Crippen molar-refractivity contribution in [3.8, 4) is 0 Å². The van der Waals surface area contributed by atoms with E-state index in [1.54, 1.807) is 36.4 Å². The molecule has 148 valence electrons. The van der Waals surface area contributed by atoms with E-state index in [4.69, 9.17) is 0 Å². The minimum absolute atomic E-state index is 0.0469. The molecule has 28 heavy (non-hydrogen) atoms. The van der Waals surface area contributed by atoms with Gasteiger partial charge in [-0.15, -0.1) is 0 Å². The Morgan fingerprint density at radius 1 is 0.750 bits per heavy atom. The highest BCUT2D eigenvalue weighted by Gasteiger charge is 2.10. The first-order valence-corrected chi connectivity index (χ1v) is 9.37. The van der Waals surface area contributed by atoms with E-state index in [0.29, 0.717) is 36.4 Å². The van der Waals surface area contributed by atoms with Gasteiger partial charge in [-0.05, 0) is 37.1 Å². The van der Waals surface area contributed by atoms with Crippen molar-refractivity contribution in [1.82, 2.24) is 5.32 Å². The molecule has 0 spiro atoms. The molecule has 2 rings (SSSR count).